The maximum atomic E-state index is 13.3. The smallest absolute Gasteiger partial charge is 0.295 e. The first-order valence-electron chi connectivity index (χ1n) is 11.4. The van der Waals surface area contributed by atoms with Crippen molar-refractivity contribution in [3.8, 4) is 11.1 Å². The minimum atomic E-state index is -4.34. The Balaban J connectivity index is 1.51. The summed E-state index contributed by atoms with van der Waals surface area (Å²) in [5.41, 5.74) is 5.15. The maximum absolute atomic E-state index is 13.3. The predicted octanol–water partition coefficient (Wildman–Crippen LogP) is 5.55. The standard InChI is InChI=1S/C29H27NO4S/c1-21-9-5-6-12-25(21)27(19-22-10-3-2-4-11-22)29(31)30-20-23-15-17-24(18-16-23)26-13-7-8-14-28(26)35(32,33)34/h2-18,27H,19-20H2,1H3,(H,30,31)(H,32,33,34). The largest absolute Gasteiger partial charge is 0.351 e. The zero-order chi connectivity index (χ0) is 24.8. The number of rotatable bonds is 8. The normalized spacial score (nSPS) is 12.2. The molecule has 0 radical (unpaired) electrons. The van der Waals surface area contributed by atoms with Gasteiger partial charge in [0.15, 0.2) is 0 Å². The van der Waals surface area contributed by atoms with E-state index in [4.69, 9.17) is 0 Å². The number of carbonyl (C=O) groups is 1. The van der Waals surface area contributed by atoms with Gasteiger partial charge in [-0.2, -0.15) is 8.42 Å². The number of nitrogens with one attached hydrogen (secondary N) is 1. The monoisotopic (exact) mass is 485 g/mol. The van der Waals surface area contributed by atoms with Crippen molar-refractivity contribution >= 4 is 16.0 Å². The highest BCUT2D eigenvalue weighted by Crippen LogP contribution is 2.28. The number of carbonyl (C=O) groups excluding carboxylic acids is 1. The molecule has 0 aliphatic carbocycles. The molecular formula is C29H27NO4S. The van der Waals surface area contributed by atoms with Crippen LogP contribution in [0.2, 0.25) is 0 Å². The number of hydrogen-bond donors (Lipinski definition) is 2. The van der Waals surface area contributed by atoms with E-state index in [1.165, 1.54) is 6.07 Å². The van der Waals surface area contributed by atoms with Crippen LogP contribution in [0.15, 0.2) is 108 Å². The van der Waals surface area contributed by atoms with E-state index in [0.717, 1.165) is 22.3 Å². The molecule has 178 valence electrons. The van der Waals surface area contributed by atoms with E-state index in [1.54, 1.807) is 30.3 Å². The van der Waals surface area contributed by atoms with Gasteiger partial charge in [-0.05, 0) is 47.2 Å². The van der Waals surface area contributed by atoms with Gasteiger partial charge < -0.3 is 5.32 Å². The van der Waals surface area contributed by atoms with Crippen molar-refractivity contribution in [1.29, 1.82) is 0 Å². The molecule has 0 aromatic heterocycles. The highest BCUT2D eigenvalue weighted by molar-refractivity contribution is 7.86. The highest BCUT2D eigenvalue weighted by Gasteiger charge is 2.22. The fraction of sp³-hybridized carbons (Fsp3) is 0.138. The summed E-state index contributed by atoms with van der Waals surface area (Å²) in [6, 6.07) is 31.5. The Bertz CT molecular complexity index is 1410. The fourth-order valence-electron chi connectivity index (χ4n) is 4.22. The molecule has 0 aliphatic heterocycles. The van der Waals surface area contributed by atoms with Crippen LogP contribution in [0.1, 0.15) is 28.2 Å². The molecule has 35 heavy (non-hydrogen) atoms. The van der Waals surface area contributed by atoms with E-state index in [1.807, 2.05) is 73.7 Å². The Morgan fingerprint density at radius 1 is 0.800 bits per heavy atom. The third kappa shape index (κ3) is 6.04. The van der Waals surface area contributed by atoms with Gasteiger partial charge in [-0.1, -0.05) is 97.1 Å². The lowest BCUT2D eigenvalue weighted by molar-refractivity contribution is -0.122. The van der Waals surface area contributed by atoms with Gasteiger partial charge in [0.1, 0.15) is 4.90 Å². The Labute approximate surface area is 206 Å². The van der Waals surface area contributed by atoms with Gasteiger partial charge in [0.05, 0.1) is 5.92 Å². The van der Waals surface area contributed by atoms with Crippen molar-refractivity contribution in [2.24, 2.45) is 0 Å². The molecule has 2 N–H and O–H groups in total. The average Bonchev–Trinajstić information content (AvgIpc) is 2.87. The van der Waals surface area contributed by atoms with Crippen molar-refractivity contribution < 1.29 is 17.8 Å². The quantitative estimate of drug-likeness (QED) is 0.321. The van der Waals surface area contributed by atoms with Gasteiger partial charge in [0.25, 0.3) is 10.1 Å². The van der Waals surface area contributed by atoms with Crippen molar-refractivity contribution in [2.45, 2.75) is 30.7 Å². The summed E-state index contributed by atoms with van der Waals surface area (Å²) in [6.07, 6.45) is 0.600. The maximum Gasteiger partial charge on any atom is 0.295 e. The molecule has 4 aromatic rings. The lowest BCUT2D eigenvalue weighted by Gasteiger charge is -2.19. The van der Waals surface area contributed by atoms with Crippen molar-refractivity contribution in [3.05, 3.63) is 125 Å². The summed E-state index contributed by atoms with van der Waals surface area (Å²) in [4.78, 5) is 13.2. The molecule has 6 heteroatoms. The molecule has 0 bridgehead atoms. The van der Waals surface area contributed by atoms with E-state index in [0.29, 0.717) is 24.1 Å². The minimum absolute atomic E-state index is 0.0519. The van der Waals surface area contributed by atoms with Crippen molar-refractivity contribution in [3.63, 3.8) is 0 Å². The third-order valence-electron chi connectivity index (χ3n) is 6.06. The summed E-state index contributed by atoms with van der Waals surface area (Å²) in [7, 11) is -4.34. The number of hydrogen-bond acceptors (Lipinski definition) is 3. The van der Waals surface area contributed by atoms with E-state index < -0.39 is 10.1 Å². The zero-order valence-electron chi connectivity index (χ0n) is 19.4. The second-order valence-corrected chi connectivity index (χ2v) is 9.87. The van der Waals surface area contributed by atoms with Gasteiger partial charge in [0, 0.05) is 12.1 Å². The topological polar surface area (TPSA) is 83.5 Å². The van der Waals surface area contributed by atoms with Crippen LogP contribution >= 0.6 is 0 Å². The molecule has 0 fully saturated rings. The number of benzene rings is 4. The first kappa shape index (κ1) is 24.4. The molecule has 0 saturated heterocycles. The van der Waals surface area contributed by atoms with E-state index >= 15 is 0 Å². The second-order valence-electron chi connectivity index (χ2n) is 8.48. The molecule has 0 saturated carbocycles. The first-order chi connectivity index (χ1) is 16.8. The molecule has 0 heterocycles. The summed E-state index contributed by atoms with van der Waals surface area (Å²) >= 11 is 0. The minimum Gasteiger partial charge on any atom is -0.351 e. The van der Waals surface area contributed by atoms with Crippen molar-refractivity contribution in [1.82, 2.24) is 5.32 Å². The van der Waals surface area contributed by atoms with Gasteiger partial charge in [-0.3, -0.25) is 9.35 Å². The van der Waals surface area contributed by atoms with Crippen LogP contribution in [0.25, 0.3) is 11.1 Å². The summed E-state index contributed by atoms with van der Waals surface area (Å²) in [5.74, 6) is -0.372. The van der Waals surface area contributed by atoms with Crippen LogP contribution < -0.4 is 5.32 Å². The molecular weight excluding hydrogens is 458 g/mol. The summed E-state index contributed by atoms with van der Waals surface area (Å²) < 4.78 is 33.0. The number of amides is 1. The molecule has 1 unspecified atom stereocenters. The lowest BCUT2D eigenvalue weighted by Crippen LogP contribution is -2.30. The van der Waals surface area contributed by atoms with Crippen molar-refractivity contribution in [2.75, 3.05) is 0 Å². The fourth-order valence-corrected chi connectivity index (χ4v) is 4.93. The lowest BCUT2D eigenvalue weighted by atomic mass is 9.88. The van der Waals surface area contributed by atoms with Crippen LogP contribution in [0.5, 0.6) is 0 Å². The van der Waals surface area contributed by atoms with Gasteiger partial charge in [-0.15, -0.1) is 0 Å². The van der Waals surface area contributed by atoms with Gasteiger partial charge in [-0.25, -0.2) is 0 Å². The molecule has 4 aromatic carbocycles. The Kier molecular flexibility index (Phi) is 7.44. The highest BCUT2D eigenvalue weighted by atomic mass is 32.2. The van der Waals surface area contributed by atoms with Crippen LogP contribution in [0, 0.1) is 6.92 Å². The molecule has 1 amide bonds. The molecule has 4 rings (SSSR count). The molecule has 5 nitrogen and oxygen atoms in total. The van der Waals surface area contributed by atoms with Gasteiger partial charge in [0.2, 0.25) is 5.91 Å². The Morgan fingerprint density at radius 2 is 1.43 bits per heavy atom. The van der Waals surface area contributed by atoms with Crippen LogP contribution in [0.4, 0.5) is 0 Å². The van der Waals surface area contributed by atoms with E-state index in [2.05, 4.69) is 5.32 Å². The first-order valence-corrected chi connectivity index (χ1v) is 12.8. The number of aryl methyl sites for hydroxylation is 1. The Hall–Kier alpha value is -3.74. The van der Waals surface area contributed by atoms with Crippen LogP contribution in [-0.2, 0) is 27.9 Å². The van der Waals surface area contributed by atoms with E-state index in [9.17, 15) is 17.8 Å². The van der Waals surface area contributed by atoms with Gasteiger partial charge >= 0.3 is 0 Å². The zero-order valence-corrected chi connectivity index (χ0v) is 20.2. The summed E-state index contributed by atoms with van der Waals surface area (Å²) in [6.45, 7) is 2.36. The second kappa shape index (κ2) is 10.7. The third-order valence-corrected chi connectivity index (χ3v) is 6.97. The predicted molar refractivity (Wildman–Crippen MR) is 138 cm³/mol. The average molecular weight is 486 g/mol. The molecule has 0 spiro atoms. The molecule has 1 atom stereocenters. The van der Waals surface area contributed by atoms with E-state index in [-0.39, 0.29) is 16.7 Å². The van der Waals surface area contributed by atoms with Crippen LogP contribution in [-0.4, -0.2) is 18.9 Å². The summed E-state index contributed by atoms with van der Waals surface area (Å²) in [5, 5.41) is 3.07. The SMILES string of the molecule is Cc1ccccc1C(Cc1ccccc1)C(=O)NCc1ccc(-c2ccccc2S(=O)(=O)O)cc1. The molecule has 0 aliphatic rings. The Morgan fingerprint density at radius 3 is 2.11 bits per heavy atom. The van der Waals surface area contributed by atoms with Crippen LogP contribution in [0.3, 0.4) is 0 Å².